The SMILES string of the molecule is CCOc1ccc(C(=O)NNC(=O)COc2ccccc2C#N)cc1. The summed E-state index contributed by atoms with van der Waals surface area (Å²) in [5, 5.41) is 8.94. The van der Waals surface area contributed by atoms with Crippen molar-refractivity contribution in [3.8, 4) is 17.6 Å². The lowest BCUT2D eigenvalue weighted by molar-refractivity contribution is -0.123. The molecule has 25 heavy (non-hydrogen) atoms. The average Bonchev–Trinajstić information content (AvgIpc) is 2.65. The molecule has 0 unspecified atom stereocenters. The van der Waals surface area contributed by atoms with Crippen molar-refractivity contribution in [3.63, 3.8) is 0 Å². The molecule has 0 aromatic heterocycles. The molecule has 0 bridgehead atoms. The topological polar surface area (TPSA) is 100 Å². The number of rotatable bonds is 6. The summed E-state index contributed by atoms with van der Waals surface area (Å²) >= 11 is 0. The van der Waals surface area contributed by atoms with Crippen LogP contribution >= 0.6 is 0 Å². The zero-order valence-corrected chi connectivity index (χ0v) is 13.6. The third kappa shape index (κ3) is 5.25. The second-order valence-electron chi connectivity index (χ2n) is 4.86. The van der Waals surface area contributed by atoms with Crippen molar-refractivity contribution in [2.45, 2.75) is 6.92 Å². The van der Waals surface area contributed by atoms with Gasteiger partial charge in [-0.05, 0) is 43.3 Å². The zero-order valence-electron chi connectivity index (χ0n) is 13.6. The third-order valence-electron chi connectivity index (χ3n) is 3.11. The average molecular weight is 339 g/mol. The van der Waals surface area contributed by atoms with Gasteiger partial charge in [-0.15, -0.1) is 0 Å². The van der Waals surface area contributed by atoms with Crippen LogP contribution < -0.4 is 20.3 Å². The summed E-state index contributed by atoms with van der Waals surface area (Å²) in [6.07, 6.45) is 0. The number of hydrogen-bond acceptors (Lipinski definition) is 5. The van der Waals surface area contributed by atoms with Crippen molar-refractivity contribution in [3.05, 3.63) is 59.7 Å². The number of hydrogen-bond donors (Lipinski definition) is 2. The van der Waals surface area contributed by atoms with E-state index in [4.69, 9.17) is 14.7 Å². The van der Waals surface area contributed by atoms with Crippen LogP contribution in [0.3, 0.4) is 0 Å². The van der Waals surface area contributed by atoms with Crippen molar-refractivity contribution in [1.29, 1.82) is 5.26 Å². The first-order chi connectivity index (χ1) is 12.1. The molecule has 0 radical (unpaired) electrons. The molecule has 2 N–H and O–H groups in total. The van der Waals surface area contributed by atoms with Gasteiger partial charge < -0.3 is 9.47 Å². The molecule has 7 nitrogen and oxygen atoms in total. The Labute approximate surface area is 145 Å². The summed E-state index contributed by atoms with van der Waals surface area (Å²) < 4.78 is 10.6. The number of nitrogens with one attached hydrogen (secondary N) is 2. The fraction of sp³-hybridized carbons (Fsp3) is 0.167. The molecule has 0 atom stereocenters. The molecule has 0 aliphatic carbocycles. The maximum Gasteiger partial charge on any atom is 0.276 e. The fourth-order valence-corrected chi connectivity index (χ4v) is 1.93. The molecule has 0 aliphatic heterocycles. The summed E-state index contributed by atoms with van der Waals surface area (Å²) in [7, 11) is 0. The van der Waals surface area contributed by atoms with Crippen molar-refractivity contribution >= 4 is 11.8 Å². The smallest absolute Gasteiger partial charge is 0.276 e. The molecule has 0 saturated heterocycles. The van der Waals surface area contributed by atoms with Crippen molar-refractivity contribution in [2.75, 3.05) is 13.2 Å². The van der Waals surface area contributed by atoms with Crippen molar-refractivity contribution in [1.82, 2.24) is 10.9 Å². The largest absolute Gasteiger partial charge is 0.494 e. The molecule has 2 aromatic rings. The van der Waals surface area contributed by atoms with E-state index in [2.05, 4.69) is 10.9 Å². The van der Waals surface area contributed by atoms with Crippen LogP contribution in [-0.2, 0) is 4.79 Å². The van der Waals surface area contributed by atoms with Crippen LogP contribution in [0.5, 0.6) is 11.5 Å². The number of benzene rings is 2. The predicted molar refractivity (Wildman–Crippen MR) is 89.9 cm³/mol. The van der Waals surface area contributed by atoms with Crippen LogP contribution in [-0.4, -0.2) is 25.0 Å². The Morgan fingerprint density at radius 1 is 1.04 bits per heavy atom. The van der Waals surface area contributed by atoms with Crippen LogP contribution in [0.1, 0.15) is 22.8 Å². The molecule has 0 fully saturated rings. The molecule has 0 aliphatic rings. The van der Waals surface area contributed by atoms with Crippen LogP contribution in [0.4, 0.5) is 0 Å². The molecule has 2 aromatic carbocycles. The van der Waals surface area contributed by atoms with E-state index in [1.807, 2.05) is 13.0 Å². The first kappa shape index (κ1) is 17.8. The van der Waals surface area contributed by atoms with Gasteiger partial charge in [0.1, 0.15) is 17.6 Å². The quantitative estimate of drug-likeness (QED) is 0.782. The molecule has 0 spiro atoms. The highest BCUT2D eigenvalue weighted by Crippen LogP contribution is 2.16. The molecule has 0 saturated carbocycles. The van der Waals surface area contributed by atoms with Crippen molar-refractivity contribution < 1.29 is 19.1 Å². The van der Waals surface area contributed by atoms with Crippen LogP contribution in [0, 0.1) is 11.3 Å². The number of hydrazine groups is 1. The highest BCUT2D eigenvalue weighted by atomic mass is 16.5. The Hall–Kier alpha value is -3.53. The van der Waals surface area contributed by atoms with Gasteiger partial charge >= 0.3 is 0 Å². The van der Waals surface area contributed by atoms with Gasteiger partial charge in [-0.2, -0.15) is 5.26 Å². The van der Waals surface area contributed by atoms with Crippen LogP contribution in [0.2, 0.25) is 0 Å². The molecular weight excluding hydrogens is 322 g/mol. The second kappa shape index (κ2) is 8.93. The predicted octanol–water partition coefficient (Wildman–Crippen LogP) is 1.80. The Kier molecular flexibility index (Phi) is 6.37. The van der Waals surface area contributed by atoms with Gasteiger partial charge in [-0.1, -0.05) is 12.1 Å². The van der Waals surface area contributed by atoms with E-state index in [1.165, 1.54) is 0 Å². The standard InChI is InChI=1S/C18H17N3O4/c1-2-24-15-9-7-13(8-10-15)18(23)21-20-17(22)12-25-16-6-4-3-5-14(16)11-19/h3-10H,2,12H2,1H3,(H,20,22)(H,21,23). The minimum atomic E-state index is -0.549. The van der Waals surface area contributed by atoms with Crippen molar-refractivity contribution in [2.24, 2.45) is 0 Å². The summed E-state index contributed by atoms with van der Waals surface area (Å²) in [4.78, 5) is 23.7. The molecule has 7 heteroatoms. The molecule has 0 heterocycles. The van der Waals surface area contributed by atoms with Gasteiger partial charge in [-0.25, -0.2) is 0 Å². The normalized spacial score (nSPS) is 9.60. The summed E-state index contributed by atoms with van der Waals surface area (Å²) in [6, 6.07) is 15.0. The molecule has 2 rings (SSSR count). The van der Waals surface area contributed by atoms with Gasteiger partial charge in [0, 0.05) is 5.56 Å². The number of para-hydroxylation sites is 1. The number of carbonyl (C=O) groups excluding carboxylic acids is 2. The zero-order chi connectivity index (χ0) is 18.1. The molecular formula is C18H17N3O4. The van der Waals surface area contributed by atoms with Gasteiger partial charge in [0.05, 0.1) is 12.2 Å². The number of nitrogens with zero attached hydrogens (tertiary/aromatic N) is 1. The summed E-state index contributed by atoms with van der Waals surface area (Å²) in [5.41, 5.74) is 5.24. The molecule has 128 valence electrons. The molecule has 2 amide bonds. The minimum Gasteiger partial charge on any atom is -0.494 e. The van der Waals surface area contributed by atoms with E-state index in [-0.39, 0.29) is 6.61 Å². The Morgan fingerprint density at radius 2 is 1.76 bits per heavy atom. The maximum atomic E-state index is 11.9. The van der Waals surface area contributed by atoms with Gasteiger partial charge in [0.2, 0.25) is 0 Å². The number of nitriles is 1. The fourth-order valence-electron chi connectivity index (χ4n) is 1.93. The highest BCUT2D eigenvalue weighted by molar-refractivity contribution is 5.95. The minimum absolute atomic E-state index is 0.304. The van der Waals surface area contributed by atoms with Crippen LogP contribution in [0.25, 0.3) is 0 Å². The van der Waals surface area contributed by atoms with Gasteiger partial charge in [0.25, 0.3) is 11.8 Å². The third-order valence-corrected chi connectivity index (χ3v) is 3.11. The van der Waals surface area contributed by atoms with E-state index in [0.29, 0.717) is 29.2 Å². The number of amides is 2. The van der Waals surface area contributed by atoms with Gasteiger partial charge in [-0.3, -0.25) is 20.4 Å². The summed E-state index contributed by atoms with van der Waals surface area (Å²) in [5.74, 6) is -0.0496. The van der Waals surface area contributed by atoms with E-state index < -0.39 is 11.8 Å². The van der Waals surface area contributed by atoms with E-state index in [0.717, 1.165) is 0 Å². The Balaban J connectivity index is 1.81. The Bertz CT molecular complexity index is 782. The first-order valence-electron chi connectivity index (χ1n) is 7.58. The lowest BCUT2D eigenvalue weighted by atomic mass is 10.2. The van der Waals surface area contributed by atoms with E-state index >= 15 is 0 Å². The highest BCUT2D eigenvalue weighted by Gasteiger charge is 2.09. The first-order valence-corrected chi connectivity index (χ1v) is 7.58. The van der Waals surface area contributed by atoms with Gasteiger partial charge in [0.15, 0.2) is 6.61 Å². The Morgan fingerprint density at radius 3 is 2.44 bits per heavy atom. The lowest BCUT2D eigenvalue weighted by Crippen LogP contribution is -2.43. The monoisotopic (exact) mass is 339 g/mol. The summed E-state index contributed by atoms with van der Waals surface area (Å²) in [6.45, 7) is 2.08. The second-order valence-corrected chi connectivity index (χ2v) is 4.86. The number of ether oxygens (including phenoxy) is 2. The van der Waals surface area contributed by atoms with E-state index in [9.17, 15) is 9.59 Å². The van der Waals surface area contributed by atoms with Crippen LogP contribution in [0.15, 0.2) is 48.5 Å². The lowest BCUT2D eigenvalue weighted by Gasteiger charge is -2.10. The number of carbonyl (C=O) groups is 2. The maximum absolute atomic E-state index is 11.9. The van der Waals surface area contributed by atoms with E-state index in [1.54, 1.807) is 48.5 Å².